The van der Waals surface area contributed by atoms with Gasteiger partial charge in [0.2, 0.25) is 0 Å². The van der Waals surface area contributed by atoms with Gasteiger partial charge in [-0.1, -0.05) is 41.4 Å². The Kier molecular flexibility index (Phi) is 4.23. The van der Waals surface area contributed by atoms with Crippen molar-refractivity contribution in [2.45, 2.75) is 12.5 Å². The van der Waals surface area contributed by atoms with Crippen LogP contribution < -0.4 is 5.73 Å². The predicted octanol–water partition coefficient (Wildman–Crippen LogP) is 4.38. The third-order valence-electron chi connectivity index (χ3n) is 2.74. The van der Waals surface area contributed by atoms with Crippen LogP contribution in [0.5, 0.6) is 0 Å². The third-order valence-corrected chi connectivity index (χ3v) is 3.28. The molecule has 1 atom stereocenters. The molecule has 0 radical (unpaired) electrons. The summed E-state index contributed by atoms with van der Waals surface area (Å²) in [6.07, 6.45) is 0.599. The van der Waals surface area contributed by atoms with Gasteiger partial charge in [0.1, 0.15) is 5.82 Å². The van der Waals surface area contributed by atoms with Crippen molar-refractivity contribution < 1.29 is 4.39 Å². The fraction of sp³-hybridized carbons (Fsp3) is 0.143. The highest BCUT2D eigenvalue weighted by molar-refractivity contribution is 6.31. The molecular weight excluding hydrogens is 272 g/mol. The zero-order valence-electron chi connectivity index (χ0n) is 9.54. The van der Waals surface area contributed by atoms with Crippen LogP contribution in [0.1, 0.15) is 17.2 Å². The summed E-state index contributed by atoms with van der Waals surface area (Å²) in [7, 11) is 0. The Balaban J connectivity index is 2.13. The monoisotopic (exact) mass is 283 g/mol. The van der Waals surface area contributed by atoms with Crippen LogP contribution in [0.2, 0.25) is 10.0 Å². The molecular formula is C14H12Cl2FN. The normalized spacial score (nSPS) is 12.4. The first-order valence-electron chi connectivity index (χ1n) is 5.51. The molecule has 4 heteroatoms. The molecule has 94 valence electrons. The number of rotatable bonds is 3. The Bertz CT molecular complexity index is 540. The van der Waals surface area contributed by atoms with Gasteiger partial charge < -0.3 is 5.73 Å². The first-order valence-corrected chi connectivity index (χ1v) is 6.27. The molecule has 0 aliphatic rings. The SMILES string of the molecule is NC(Cc1ccc(F)c(Cl)c1)c1ccc(Cl)cc1. The van der Waals surface area contributed by atoms with E-state index in [-0.39, 0.29) is 11.1 Å². The molecule has 18 heavy (non-hydrogen) atoms. The fourth-order valence-electron chi connectivity index (χ4n) is 1.75. The second-order valence-electron chi connectivity index (χ2n) is 4.11. The lowest BCUT2D eigenvalue weighted by molar-refractivity contribution is 0.626. The Morgan fingerprint density at radius 1 is 1.06 bits per heavy atom. The molecule has 2 N–H and O–H groups in total. The average Bonchev–Trinajstić information content (AvgIpc) is 2.34. The van der Waals surface area contributed by atoms with Gasteiger partial charge in [-0.25, -0.2) is 4.39 Å². The van der Waals surface area contributed by atoms with Gasteiger partial charge in [0.15, 0.2) is 0 Å². The average molecular weight is 284 g/mol. The molecule has 1 unspecified atom stereocenters. The van der Waals surface area contributed by atoms with Gasteiger partial charge in [-0.15, -0.1) is 0 Å². The van der Waals surface area contributed by atoms with Crippen LogP contribution in [-0.4, -0.2) is 0 Å². The van der Waals surface area contributed by atoms with Crippen molar-refractivity contribution in [2.24, 2.45) is 5.73 Å². The summed E-state index contributed by atoms with van der Waals surface area (Å²) in [5.41, 5.74) is 7.98. The number of benzene rings is 2. The summed E-state index contributed by atoms with van der Waals surface area (Å²) in [4.78, 5) is 0. The molecule has 0 aromatic heterocycles. The molecule has 2 rings (SSSR count). The molecule has 0 amide bonds. The van der Waals surface area contributed by atoms with Crippen LogP contribution in [0, 0.1) is 5.82 Å². The third kappa shape index (κ3) is 3.22. The minimum Gasteiger partial charge on any atom is -0.324 e. The quantitative estimate of drug-likeness (QED) is 0.889. The van der Waals surface area contributed by atoms with E-state index in [4.69, 9.17) is 28.9 Å². The molecule has 0 aliphatic heterocycles. The second-order valence-corrected chi connectivity index (χ2v) is 4.95. The van der Waals surface area contributed by atoms with Gasteiger partial charge in [0.05, 0.1) is 5.02 Å². The maximum Gasteiger partial charge on any atom is 0.141 e. The first kappa shape index (κ1) is 13.3. The Morgan fingerprint density at radius 2 is 1.72 bits per heavy atom. The molecule has 0 spiro atoms. The van der Waals surface area contributed by atoms with Gasteiger partial charge in [-0.2, -0.15) is 0 Å². The Morgan fingerprint density at radius 3 is 2.33 bits per heavy atom. The Hall–Kier alpha value is -1.09. The topological polar surface area (TPSA) is 26.0 Å². The molecule has 0 saturated heterocycles. The van der Waals surface area contributed by atoms with Crippen LogP contribution in [0.3, 0.4) is 0 Å². The van der Waals surface area contributed by atoms with E-state index in [1.54, 1.807) is 24.3 Å². The maximum atomic E-state index is 13.0. The largest absolute Gasteiger partial charge is 0.324 e. The molecule has 0 bridgehead atoms. The van der Waals surface area contributed by atoms with E-state index in [1.165, 1.54) is 6.07 Å². The van der Waals surface area contributed by atoms with Crippen molar-refractivity contribution in [3.05, 3.63) is 69.5 Å². The summed E-state index contributed by atoms with van der Waals surface area (Å²) in [6, 6.07) is 11.9. The zero-order valence-corrected chi connectivity index (χ0v) is 11.0. The van der Waals surface area contributed by atoms with E-state index < -0.39 is 5.82 Å². The smallest absolute Gasteiger partial charge is 0.141 e. The second kappa shape index (κ2) is 5.70. The molecule has 0 saturated carbocycles. The van der Waals surface area contributed by atoms with Crippen molar-refractivity contribution in [3.63, 3.8) is 0 Å². The van der Waals surface area contributed by atoms with Crippen LogP contribution in [-0.2, 0) is 6.42 Å². The molecule has 2 aromatic rings. The molecule has 0 aliphatic carbocycles. The van der Waals surface area contributed by atoms with Gasteiger partial charge >= 0.3 is 0 Å². The van der Waals surface area contributed by atoms with Gasteiger partial charge in [0.25, 0.3) is 0 Å². The van der Waals surface area contributed by atoms with Crippen molar-refractivity contribution >= 4 is 23.2 Å². The predicted molar refractivity (Wildman–Crippen MR) is 73.5 cm³/mol. The number of nitrogens with two attached hydrogens (primary N) is 1. The number of hydrogen-bond acceptors (Lipinski definition) is 1. The van der Waals surface area contributed by atoms with E-state index in [2.05, 4.69) is 0 Å². The highest BCUT2D eigenvalue weighted by Gasteiger charge is 2.08. The minimum absolute atomic E-state index is 0.121. The highest BCUT2D eigenvalue weighted by Crippen LogP contribution is 2.21. The van der Waals surface area contributed by atoms with Crippen LogP contribution in [0.4, 0.5) is 4.39 Å². The van der Waals surface area contributed by atoms with E-state index in [0.29, 0.717) is 11.4 Å². The fourth-order valence-corrected chi connectivity index (χ4v) is 2.08. The van der Waals surface area contributed by atoms with Crippen molar-refractivity contribution in [1.29, 1.82) is 0 Å². The summed E-state index contributed by atoms with van der Waals surface area (Å²) >= 11 is 11.5. The van der Waals surface area contributed by atoms with Crippen LogP contribution >= 0.6 is 23.2 Å². The lowest BCUT2D eigenvalue weighted by Gasteiger charge is -2.12. The first-order chi connectivity index (χ1) is 8.56. The lowest BCUT2D eigenvalue weighted by atomic mass is 10.00. The van der Waals surface area contributed by atoms with Crippen molar-refractivity contribution in [3.8, 4) is 0 Å². The molecule has 1 nitrogen and oxygen atoms in total. The number of halogens is 3. The summed E-state index contributed by atoms with van der Waals surface area (Å²) in [5.74, 6) is -0.416. The Labute approximate surface area is 115 Å². The summed E-state index contributed by atoms with van der Waals surface area (Å²) in [5, 5.41) is 0.798. The van der Waals surface area contributed by atoms with Gasteiger partial charge in [0, 0.05) is 11.1 Å². The van der Waals surface area contributed by atoms with Crippen molar-refractivity contribution in [2.75, 3.05) is 0 Å². The van der Waals surface area contributed by atoms with E-state index in [0.717, 1.165) is 11.1 Å². The van der Waals surface area contributed by atoms with Crippen molar-refractivity contribution in [1.82, 2.24) is 0 Å². The molecule has 0 fully saturated rings. The summed E-state index contributed by atoms with van der Waals surface area (Å²) in [6.45, 7) is 0. The van der Waals surface area contributed by atoms with E-state index in [1.807, 2.05) is 12.1 Å². The van der Waals surface area contributed by atoms with Gasteiger partial charge in [-0.05, 0) is 41.8 Å². The molecule has 2 aromatic carbocycles. The van der Waals surface area contributed by atoms with E-state index in [9.17, 15) is 4.39 Å². The number of hydrogen-bond donors (Lipinski definition) is 1. The zero-order chi connectivity index (χ0) is 13.1. The highest BCUT2D eigenvalue weighted by atomic mass is 35.5. The van der Waals surface area contributed by atoms with Crippen LogP contribution in [0.25, 0.3) is 0 Å². The van der Waals surface area contributed by atoms with E-state index >= 15 is 0 Å². The maximum absolute atomic E-state index is 13.0. The lowest BCUT2D eigenvalue weighted by Crippen LogP contribution is -2.13. The minimum atomic E-state index is -0.416. The molecule has 0 heterocycles. The summed E-state index contributed by atoms with van der Waals surface area (Å²) < 4.78 is 13.0. The standard InChI is InChI=1S/C14H12Cl2FN/c15-11-4-2-10(3-5-11)14(18)8-9-1-6-13(17)12(16)7-9/h1-7,14H,8,18H2. The van der Waals surface area contributed by atoms with Gasteiger partial charge in [-0.3, -0.25) is 0 Å². The van der Waals surface area contributed by atoms with Crippen LogP contribution in [0.15, 0.2) is 42.5 Å².